The highest BCUT2D eigenvalue weighted by atomic mass is 35.5. The van der Waals surface area contributed by atoms with Gasteiger partial charge in [0.1, 0.15) is 0 Å². The van der Waals surface area contributed by atoms with Gasteiger partial charge in [-0.25, -0.2) is 0 Å². The zero-order valence-electron chi connectivity index (χ0n) is 8.01. The fourth-order valence-electron chi connectivity index (χ4n) is 1.04. The number of halogens is 1. The summed E-state index contributed by atoms with van der Waals surface area (Å²) in [6.45, 7) is 0.912. The zero-order valence-corrected chi connectivity index (χ0v) is 8.77. The van der Waals surface area contributed by atoms with Crippen molar-refractivity contribution in [3.05, 3.63) is 34.9 Å². The van der Waals surface area contributed by atoms with Gasteiger partial charge in [-0.2, -0.15) is 0 Å². The van der Waals surface area contributed by atoms with Crippen molar-refractivity contribution < 1.29 is 4.79 Å². The van der Waals surface area contributed by atoms with Gasteiger partial charge < -0.3 is 10.6 Å². The molecule has 76 valence electrons. The summed E-state index contributed by atoms with van der Waals surface area (Å²) in [7, 11) is 1.61. The van der Waals surface area contributed by atoms with E-state index in [-0.39, 0.29) is 5.91 Å². The van der Waals surface area contributed by atoms with E-state index in [1.807, 2.05) is 24.3 Å². The molecule has 0 fully saturated rings. The molecule has 3 nitrogen and oxygen atoms in total. The van der Waals surface area contributed by atoms with Crippen LogP contribution < -0.4 is 10.6 Å². The van der Waals surface area contributed by atoms with Crippen LogP contribution in [0.5, 0.6) is 0 Å². The molecule has 4 heteroatoms. The molecule has 0 spiro atoms. The summed E-state index contributed by atoms with van der Waals surface area (Å²) in [6.07, 6.45) is 0. The van der Waals surface area contributed by atoms with Crippen LogP contribution in [0.1, 0.15) is 5.56 Å². The van der Waals surface area contributed by atoms with E-state index >= 15 is 0 Å². The first-order chi connectivity index (χ1) is 6.74. The molecule has 1 aromatic carbocycles. The molecule has 1 aromatic rings. The van der Waals surface area contributed by atoms with E-state index in [2.05, 4.69) is 10.6 Å². The molecule has 0 radical (unpaired) electrons. The van der Waals surface area contributed by atoms with Gasteiger partial charge in [-0.3, -0.25) is 4.79 Å². The molecule has 0 heterocycles. The molecule has 0 aliphatic carbocycles. The highest BCUT2D eigenvalue weighted by Crippen LogP contribution is 2.13. The van der Waals surface area contributed by atoms with Crippen molar-refractivity contribution in [1.82, 2.24) is 10.6 Å². The van der Waals surface area contributed by atoms with Crippen LogP contribution >= 0.6 is 11.6 Å². The number of amides is 1. The fourth-order valence-corrected chi connectivity index (χ4v) is 1.24. The maximum atomic E-state index is 10.9. The first kappa shape index (κ1) is 11.0. The van der Waals surface area contributed by atoms with Crippen molar-refractivity contribution in [3.8, 4) is 0 Å². The Bertz CT molecular complexity index is 315. The van der Waals surface area contributed by atoms with Crippen molar-refractivity contribution in [2.75, 3.05) is 13.6 Å². The highest BCUT2D eigenvalue weighted by molar-refractivity contribution is 6.31. The lowest BCUT2D eigenvalue weighted by atomic mass is 10.2. The number of likely N-dealkylation sites (N-methyl/N-ethyl adjacent to an activating group) is 1. The van der Waals surface area contributed by atoms with Gasteiger partial charge in [0, 0.05) is 18.6 Å². The summed E-state index contributed by atoms with van der Waals surface area (Å²) in [5.74, 6) is -0.0305. The number of benzene rings is 1. The minimum Gasteiger partial charge on any atom is -0.358 e. The second-order valence-corrected chi connectivity index (χ2v) is 3.28. The first-order valence-corrected chi connectivity index (χ1v) is 4.76. The van der Waals surface area contributed by atoms with Crippen LogP contribution in [0, 0.1) is 0 Å². The Morgan fingerprint density at radius 2 is 2.14 bits per heavy atom. The molecule has 0 bridgehead atoms. The predicted octanol–water partition coefficient (Wildman–Crippen LogP) is 1.18. The average Bonchev–Trinajstić information content (AvgIpc) is 2.20. The lowest BCUT2D eigenvalue weighted by molar-refractivity contribution is -0.119. The molecule has 0 saturated carbocycles. The number of hydrogen-bond donors (Lipinski definition) is 2. The first-order valence-electron chi connectivity index (χ1n) is 4.38. The van der Waals surface area contributed by atoms with Gasteiger partial charge in [0.2, 0.25) is 5.91 Å². The fraction of sp³-hybridized carbons (Fsp3) is 0.300. The van der Waals surface area contributed by atoms with E-state index in [4.69, 9.17) is 11.6 Å². The Labute approximate surface area is 88.5 Å². The highest BCUT2D eigenvalue weighted by Gasteiger charge is 1.99. The number of hydrogen-bond acceptors (Lipinski definition) is 2. The van der Waals surface area contributed by atoms with Crippen LogP contribution in [0.2, 0.25) is 5.02 Å². The molecule has 0 atom stereocenters. The quantitative estimate of drug-likeness (QED) is 0.787. The van der Waals surface area contributed by atoms with E-state index < -0.39 is 0 Å². The van der Waals surface area contributed by atoms with Gasteiger partial charge >= 0.3 is 0 Å². The minimum atomic E-state index is -0.0305. The monoisotopic (exact) mass is 212 g/mol. The number of carbonyl (C=O) groups is 1. The molecule has 0 aliphatic rings. The number of carbonyl (C=O) groups excluding carboxylic acids is 1. The van der Waals surface area contributed by atoms with Gasteiger partial charge in [0.15, 0.2) is 0 Å². The van der Waals surface area contributed by atoms with Crippen molar-refractivity contribution in [1.29, 1.82) is 0 Å². The van der Waals surface area contributed by atoms with Gasteiger partial charge in [0.25, 0.3) is 0 Å². The SMILES string of the molecule is CNC(=O)CNCc1ccccc1Cl. The van der Waals surface area contributed by atoms with Crippen LogP contribution in [0.4, 0.5) is 0 Å². The molecule has 0 unspecified atom stereocenters. The average molecular weight is 213 g/mol. The predicted molar refractivity (Wildman–Crippen MR) is 57.2 cm³/mol. The summed E-state index contributed by atoms with van der Waals surface area (Å²) in [4.78, 5) is 10.9. The maximum Gasteiger partial charge on any atom is 0.233 e. The maximum absolute atomic E-state index is 10.9. The molecule has 1 rings (SSSR count). The van der Waals surface area contributed by atoms with Gasteiger partial charge in [0.05, 0.1) is 6.54 Å². The van der Waals surface area contributed by atoms with E-state index in [9.17, 15) is 4.79 Å². The van der Waals surface area contributed by atoms with Crippen molar-refractivity contribution in [2.24, 2.45) is 0 Å². The number of rotatable bonds is 4. The van der Waals surface area contributed by atoms with E-state index in [1.54, 1.807) is 7.05 Å². The van der Waals surface area contributed by atoms with Gasteiger partial charge in [-0.1, -0.05) is 29.8 Å². The molecular formula is C10H13ClN2O. The lowest BCUT2D eigenvalue weighted by Crippen LogP contribution is -2.31. The molecule has 0 aliphatic heterocycles. The standard InChI is InChI=1S/C10H13ClN2O/c1-12-10(14)7-13-6-8-4-2-3-5-9(8)11/h2-5,13H,6-7H2,1H3,(H,12,14). The number of nitrogens with one attached hydrogen (secondary N) is 2. The Morgan fingerprint density at radius 3 is 2.79 bits per heavy atom. The van der Waals surface area contributed by atoms with Crippen molar-refractivity contribution >= 4 is 17.5 Å². The van der Waals surface area contributed by atoms with Crippen LogP contribution in [0.3, 0.4) is 0 Å². The minimum absolute atomic E-state index is 0.0305. The summed E-state index contributed by atoms with van der Waals surface area (Å²) in [5.41, 5.74) is 0.998. The lowest BCUT2D eigenvalue weighted by Gasteiger charge is -2.05. The molecule has 0 aromatic heterocycles. The summed E-state index contributed by atoms with van der Waals surface area (Å²) in [5, 5.41) is 6.25. The Morgan fingerprint density at radius 1 is 1.43 bits per heavy atom. The topological polar surface area (TPSA) is 41.1 Å². The van der Waals surface area contributed by atoms with Gasteiger partial charge in [-0.15, -0.1) is 0 Å². The zero-order chi connectivity index (χ0) is 10.4. The van der Waals surface area contributed by atoms with E-state index in [0.29, 0.717) is 13.1 Å². The smallest absolute Gasteiger partial charge is 0.233 e. The summed E-state index contributed by atoms with van der Waals surface area (Å²) < 4.78 is 0. The second kappa shape index (κ2) is 5.62. The summed E-state index contributed by atoms with van der Waals surface area (Å²) >= 11 is 5.93. The largest absolute Gasteiger partial charge is 0.358 e. The molecular weight excluding hydrogens is 200 g/mol. The molecule has 2 N–H and O–H groups in total. The Hall–Kier alpha value is -1.06. The van der Waals surface area contributed by atoms with E-state index in [0.717, 1.165) is 10.6 Å². The molecule has 14 heavy (non-hydrogen) atoms. The third-order valence-corrected chi connectivity index (χ3v) is 2.21. The van der Waals surface area contributed by atoms with Crippen LogP contribution in [-0.2, 0) is 11.3 Å². The third-order valence-electron chi connectivity index (χ3n) is 1.84. The Balaban J connectivity index is 2.39. The molecule has 1 amide bonds. The van der Waals surface area contributed by atoms with E-state index in [1.165, 1.54) is 0 Å². The van der Waals surface area contributed by atoms with Crippen LogP contribution in [0.25, 0.3) is 0 Å². The van der Waals surface area contributed by atoms with Crippen molar-refractivity contribution in [3.63, 3.8) is 0 Å². The third kappa shape index (κ3) is 3.36. The molecule has 0 saturated heterocycles. The van der Waals surface area contributed by atoms with Crippen LogP contribution in [0.15, 0.2) is 24.3 Å². The normalized spacial score (nSPS) is 9.86. The second-order valence-electron chi connectivity index (χ2n) is 2.87. The van der Waals surface area contributed by atoms with Crippen LogP contribution in [-0.4, -0.2) is 19.5 Å². The van der Waals surface area contributed by atoms with Gasteiger partial charge in [-0.05, 0) is 11.6 Å². The Kier molecular flexibility index (Phi) is 4.43. The summed E-state index contributed by atoms with van der Waals surface area (Å²) in [6, 6.07) is 7.56. The van der Waals surface area contributed by atoms with Crippen molar-refractivity contribution in [2.45, 2.75) is 6.54 Å².